The van der Waals surface area contributed by atoms with E-state index in [-0.39, 0.29) is 24.1 Å². The van der Waals surface area contributed by atoms with Crippen LogP contribution in [0.2, 0.25) is 0 Å². The van der Waals surface area contributed by atoms with E-state index in [0.717, 1.165) is 0 Å². The van der Waals surface area contributed by atoms with Gasteiger partial charge >= 0.3 is 5.69 Å². The van der Waals surface area contributed by atoms with Crippen LogP contribution in [0.4, 0.5) is 0 Å². The largest absolute Gasteiger partial charge is 0.370 e. The summed E-state index contributed by atoms with van der Waals surface area (Å²) in [6, 6.07) is 0. The topological polar surface area (TPSA) is 99.7 Å². The second-order valence-corrected chi connectivity index (χ2v) is 2.30. The molecule has 0 saturated carbocycles. The number of hydrogen-bond acceptors (Lipinski definition) is 2. The lowest BCUT2D eigenvalue weighted by Gasteiger charge is -2.02. The molecule has 1 rings (SSSR count). The van der Waals surface area contributed by atoms with Gasteiger partial charge in [-0.3, -0.25) is 9.98 Å². The molecule has 0 fully saturated rings. The van der Waals surface area contributed by atoms with E-state index in [4.69, 9.17) is 11.1 Å². The van der Waals surface area contributed by atoms with Gasteiger partial charge in [0, 0.05) is 25.5 Å². The number of nitrogens with one attached hydrogen (secondary N) is 3. The van der Waals surface area contributed by atoms with E-state index in [1.807, 2.05) is 0 Å². The summed E-state index contributed by atoms with van der Waals surface area (Å²) < 4.78 is 1.50. The van der Waals surface area contributed by atoms with Crippen LogP contribution in [0.15, 0.2) is 17.2 Å². The number of halogens is 1. The van der Waals surface area contributed by atoms with E-state index in [1.165, 1.54) is 4.57 Å². The van der Waals surface area contributed by atoms with Crippen LogP contribution in [0.1, 0.15) is 0 Å². The predicted molar refractivity (Wildman–Crippen MR) is 52.2 cm³/mol. The molecule has 0 bridgehead atoms. The van der Waals surface area contributed by atoms with Gasteiger partial charge in [-0.2, -0.15) is 0 Å². The van der Waals surface area contributed by atoms with Gasteiger partial charge < -0.3 is 16.0 Å². The monoisotopic (exact) mass is 205 g/mol. The van der Waals surface area contributed by atoms with Crippen LogP contribution in [0.3, 0.4) is 0 Å². The maximum absolute atomic E-state index is 10.9. The highest BCUT2D eigenvalue weighted by Gasteiger charge is 1.94. The molecule has 0 aliphatic carbocycles. The second-order valence-electron chi connectivity index (χ2n) is 2.30. The SMILES string of the molecule is Cl.N=C(N)NCCn1cc[nH]c1=O. The van der Waals surface area contributed by atoms with Crippen molar-refractivity contribution in [2.75, 3.05) is 6.54 Å². The predicted octanol–water partition coefficient (Wildman–Crippen LogP) is -0.919. The number of nitrogens with zero attached hydrogens (tertiary/aromatic N) is 1. The average molecular weight is 206 g/mol. The number of guanidine groups is 1. The van der Waals surface area contributed by atoms with Crippen LogP contribution in [-0.2, 0) is 6.54 Å². The molecule has 7 heteroatoms. The lowest BCUT2D eigenvalue weighted by atomic mass is 10.6. The summed E-state index contributed by atoms with van der Waals surface area (Å²) in [5.74, 6) is -0.0846. The summed E-state index contributed by atoms with van der Waals surface area (Å²) >= 11 is 0. The first-order valence-electron chi connectivity index (χ1n) is 3.52. The van der Waals surface area contributed by atoms with Crippen molar-refractivity contribution in [2.24, 2.45) is 5.73 Å². The minimum Gasteiger partial charge on any atom is -0.370 e. The summed E-state index contributed by atoms with van der Waals surface area (Å²) in [4.78, 5) is 13.4. The number of rotatable bonds is 3. The van der Waals surface area contributed by atoms with Gasteiger partial charge in [0.05, 0.1) is 0 Å². The van der Waals surface area contributed by atoms with E-state index in [0.29, 0.717) is 13.1 Å². The molecule has 0 amide bonds. The molecule has 74 valence electrons. The van der Waals surface area contributed by atoms with Crippen molar-refractivity contribution in [1.82, 2.24) is 14.9 Å². The first kappa shape index (κ1) is 11.6. The van der Waals surface area contributed by atoms with Crippen LogP contribution in [0.25, 0.3) is 0 Å². The van der Waals surface area contributed by atoms with E-state index >= 15 is 0 Å². The third kappa shape index (κ3) is 3.66. The zero-order valence-electron chi connectivity index (χ0n) is 6.91. The Bertz CT molecular complexity index is 317. The van der Waals surface area contributed by atoms with Gasteiger partial charge in [-0.1, -0.05) is 0 Å². The van der Waals surface area contributed by atoms with Crippen LogP contribution in [0, 0.1) is 5.41 Å². The Morgan fingerprint density at radius 2 is 2.46 bits per heavy atom. The Kier molecular flexibility index (Phi) is 4.68. The molecule has 0 unspecified atom stereocenters. The highest BCUT2D eigenvalue weighted by Crippen LogP contribution is 1.76. The van der Waals surface area contributed by atoms with E-state index in [9.17, 15) is 4.79 Å². The number of imidazole rings is 1. The summed E-state index contributed by atoms with van der Waals surface area (Å²) in [5.41, 5.74) is 4.89. The second kappa shape index (κ2) is 5.26. The van der Waals surface area contributed by atoms with Crippen molar-refractivity contribution in [3.8, 4) is 0 Å². The fraction of sp³-hybridized carbons (Fsp3) is 0.333. The maximum atomic E-state index is 10.9. The molecule has 0 aromatic carbocycles. The van der Waals surface area contributed by atoms with Gasteiger partial charge in [-0.05, 0) is 0 Å². The molecule has 0 radical (unpaired) electrons. The molecular weight excluding hydrogens is 194 g/mol. The van der Waals surface area contributed by atoms with Crippen molar-refractivity contribution in [3.63, 3.8) is 0 Å². The van der Waals surface area contributed by atoms with Crippen LogP contribution in [-0.4, -0.2) is 22.1 Å². The number of nitrogens with two attached hydrogens (primary N) is 1. The van der Waals surface area contributed by atoms with Gasteiger partial charge in [-0.25, -0.2) is 4.79 Å². The Labute approximate surface area is 81.1 Å². The number of aromatic amines is 1. The molecule has 1 aromatic rings. The highest BCUT2D eigenvalue weighted by molar-refractivity contribution is 5.85. The van der Waals surface area contributed by atoms with E-state index in [1.54, 1.807) is 12.4 Å². The summed E-state index contributed by atoms with van der Waals surface area (Å²) in [7, 11) is 0. The standard InChI is InChI=1S/C6H11N5O.ClH/c7-5(8)9-1-3-11-4-2-10-6(11)12;/h2,4H,1,3H2,(H,10,12)(H4,7,8,9);1H. The van der Waals surface area contributed by atoms with Crippen LogP contribution in [0.5, 0.6) is 0 Å². The molecule has 1 aromatic heterocycles. The average Bonchev–Trinajstić information content (AvgIpc) is 2.36. The molecular formula is C6H12ClN5O. The summed E-state index contributed by atoms with van der Waals surface area (Å²) in [5, 5.41) is 9.45. The molecule has 1 heterocycles. The van der Waals surface area contributed by atoms with Gasteiger partial charge in [0.2, 0.25) is 0 Å². The van der Waals surface area contributed by atoms with Gasteiger partial charge in [0.15, 0.2) is 5.96 Å². The Hall–Kier alpha value is -1.43. The summed E-state index contributed by atoms with van der Waals surface area (Å²) in [6.07, 6.45) is 3.21. The van der Waals surface area contributed by atoms with Gasteiger partial charge in [0.1, 0.15) is 0 Å². The molecule has 5 N–H and O–H groups in total. The minimum absolute atomic E-state index is 0. The molecule has 0 atom stereocenters. The van der Waals surface area contributed by atoms with E-state index in [2.05, 4.69) is 10.3 Å². The molecule has 0 spiro atoms. The molecule has 6 nitrogen and oxygen atoms in total. The first-order chi connectivity index (χ1) is 5.70. The highest BCUT2D eigenvalue weighted by atomic mass is 35.5. The van der Waals surface area contributed by atoms with Crippen LogP contribution >= 0.6 is 12.4 Å². The van der Waals surface area contributed by atoms with Crippen molar-refractivity contribution in [2.45, 2.75) is 6.54 Å². The van der Waals surface area contributed by atoms with E-state index < -0.39 is 0 Å². The lowest BCUT2D eigenvalue weighted by molar-refractivity contribution is 0.651. The first-order valence-corrected chi connectivity index (χ1v) is 3.52. The number of hydrogen-bond donors (Lipinski definition) is 4. The maximum Gasteiger partial charge on any atom is 0.325 e. The van der Waals surface area contributed by atoms with Crippen molar-refractivity contribution in [1.29, 1.82) is 5.41 Å². The molecule has 0 saturated heterocycles. The minimum atomic E-state index is -0.152. The Morgan fingerprint density at radius 1 is 1.77 bits per heavy atom. The third-order valence-electron chi connectivity index (χ3n) is 1.39. The van der Waals surface area contributed by atoms with Crippen molar-refractivity contribution in [3.05, 3.63) is 22.9 Å². The fourth-order valence-electron chi connectivity index (χ4n) is 0.836. The van der Waals surface area contributed by atoms with Crippen LogP contribution < -0.4 is 16.7 Å². The number of H-pyrrole nitrogens is 1. The molecule has 0 aliphatic heterocycles. The normalized spacial score (nSPS) is 8.92. The number of aromatic nitrogens is 2. The third-order valence-corrected chi connectivity index (χ3v) is 1.39. The fourth-order valence-corrected chi connectivity index (χ4v) is 0.836. The smallest absolute Gasteiger partial charge is 0.325 e. The van der Waals surface area contributed by atoms with Crippen molar-refractivity contribution >= 4 is 18.4 Å². The zero-order chi connectivity index (χ0) is 8.97. The molecule has 0 aliphatic rings. The lowest BCUT2D eigenvalue weighted by Crippen LogP contribution is -2.34. The quantitative estimate of drug-likeness (QED) is 0.379. The zero-order valence-corrected chi connectivity index (χ0v) is 7.73. The Morgan fingerprint density at radius 3 is 2.92 bits per heavy atom. The summed E-state index contributed by atoms with van der Waals surface area (Å²) in [6.45, 7) is 0.981. The molecule has 13 heavy (non-hydrogen) atoms. The van der Waals surface area contributed by atoms with Gasteiger partial charge in [0.25, 0.3) is 0 Å². The van der Waals surface area contributed by atoms with Crippen molar-refractivity contribution < 1.29 is 0 Å². The Balaban J connectivity index is 0.00000144. The van der Waals surface area contributed by atoms with Gasteiger partial charge in [-0.15, -0.1) is 12.4 Å².